The Labute approximate surface area is 192 Å². The van der Waals surface area contributed by atoms with E-state index in [0.717, 1.165) is 39.0 Å². The predicted molar refractivity (Wildman–Crippen MR) is 117 cm³/mol. The molecule has 1 amide bonds. The fourth-order valence-electron chi connectivity index (χ4n) is 3.43. The number of amides is 1. The van der Waals surface area contributed by atoms with Crippen LogP contribution in [-0.2, 0) is 15.9 Å². The lowest BCUT2D eigenvalue weighted by Gasteiger charge is -2.36. The number of alkyl halides is 3. The molecule has 2 aromatic rings. The quantitative estimate of drug-likeness (QED) is 0.416. The van der Waals surface area contributed by atoms with Crippen LogP contribution in [0.5, 0.6) is 0 Å². The summed E-state index contributed by atoms with van der Waals surface area (Å²) in [6, 6.07) is 6.41. The van der Waals surface area contributed by atoms with Crippen LogP contribution in [0.15, 0.2) is 24.3 Å². The number of aromatic amines is 1. The number of hydrogen-bond donors (Lipinski definition) is 3. The van der Waals surface area contributed by atoms with Crippen LogP contribution in [0.3, 0.4) is 0 Å². The summed E-state index contributed by atoms with van der Waals surface area (Å²) >= 11 is 17.7. The van der Waals surface area contributed by atoms with Crippen molar-refractivity contribution < 1.29 is 24.3 Å². The minimum Gasteiger partial charge on any atom is -0.461 e. The summed E-state index contributed by atoms with van der Waals surface area (Å²) in [7, 11) is 1.27. The topological polar surface area (TPSA) is 104 Å². The summed E-state index contributed by atoms with van der Waals surface area (Å²) in [5.74, 6) is 0.117. The number of para-hydroxylation sites is 1. The molecule has 0 spiro atoms. The van der Waals surface area contributed by atoms with Crippen LogP contribution in [0.4, 0.5) is 9.59 Å². The molecule has 1 aliphatic heterocycles. The molecule has 1 aromatic heterocycles. The Morgan fingerprint density at radius 2 is 2.13 bits per heavy atom. The third-order valence-electron chi connectivity index (χ3n) is 4.65. The van der Waals surface area contributed by atoms with E-state index in [0.29, 0.717) is 13.0 Å². The smallest absolute Gasteiger partial charge is 0.407 e. The van der Waals surface area contributed by atoms with Gasteiger partial charge < -0.3 is 25.0 Å². The van der Waals surface area contributed by atoms with Crippen LogP contribution in [0.25, 0.3) is 10.9 Å². The van der Waals surface area contributed by atoms with Gasteiger partial charge in [-0.3, -0.25) is 0 Å². The van der Waals surface area contributed by atoms with Gasteiger partial charge in [0.1, 0.15) is 6.61 Å². The maximum Gasteiger partial charge on any atom is 0.407 e. The first-order valence-corrected chi connectivity index (χ1v) is 11.1. The Bertz CT molecular complexity index is 920. The Balaban J connectivity index is 1.88. The van der Waals surface area contributed by atoms with E-state index in [9.17, 15) is 14.8 Å². The number of benzene rings is 1. The Hall–Kier alpha value is -1.36. The number of alkyl carbamates (subject to hydrolysis) is 1. The van der Waals surface area contributed by atoms with Crippen molar-refractivity contribution in [3.8, 4) is 0 Å². The summed E-state index contributed by atoms with van der Waals surface area (Å²) in [6.45, 7) is -0.102. The molecule has 1 aromatic carbocycles. The van der Waals surface area contributed by atoms with Crippen molar-refractivity contribution in [1.29, 1.82) is 0 Å². The molecule has 12 heteroatoms. The van der Waals surface area contributed by atoms with Gasteiger partial charge in [0.15, 0.2) is 0 Å². The Morgan fingerprint density at radius 3 is 2.83 bits per heavy atom. The number of rotatable bonds is 5. The third kappa shape index (κ3) is 5.66. The molecule has 0 saturated heterocycles. The van der Waals surface area contributed by atoms with E-state index in [1.165, 1.54) is 7.11 Å². The summed E-state index contributed by atoms with van der Waals surface area (Å²) in [5, 5.41) is 15.0. The fourth-order valence-corrected chi connectivity index (χ4v) is 4.30. The fraction of sp³-hybridized carbons (Fsp3) is 0.444. The number of nitrogens with zero attached hydrogens (tertiary/aromatic N) is 1. The second kappa shape index (κ2) is 9.84. The lowest BCUT2D eigenvalue weighted by molar-refractivity contribution is -0.140. The highest BCUT2D eigenvalue weighted by Gasteiger charge is 2.37. The van der Waals surface area contributed by atoms with Crippen molar-refractivity contribution in [3.63, 3.8) is 0 Å². The second-order valence-corrected chi connectivity index (χ2v) is 10.1. The summed E-state index contributed by atoms with van der Waals surface area (Å²) in [5.41, 5.74) is 2.72. The predicted octanol–water partition coefficient (Wildman–Crippen LogP) is 4.42. The molecule has 1 aliphatic rings. The summed E-state index contributed by atoms with van der Waals surface area (Å²) in [6.07, 6.45) is -0.214. The summed E-state index contributed by atoms with van der Waals surface area (Å²) in [4.78, 5) is 27.3. The first-order valence-electron chi connectivity index (χ1n) is 8.95. The van der Waals surface area contributed by atoms with E-state index in [2.05, 4.69) is 15.0 Å². The molecule has 0 saturated carbocycles. The van der Waals surface area contributed by atoms with Crippen LogP contribution in [0.1, 0.15) is 17.3 Å². The van der Waals surface area contributed by atoms with Gasteiger partial charge in [-0.05, 0) is 29.8 Å². The average Bonchev–Trinajstić information content (AvgIpc) is 3.07. The van der Waals surface area contributed by atoms with E-state index >= 15 is 0 Å². The maximum atomic E-state index is 12.3. The van der Waals surface area contributed by atoms with E-state index in [1.54, 1.807) is 0 Å². The van der Waals surface area contributed by atoms with Gasteiger partial charge >= 0.3 is 11.4 Å². The minimum absolute atomic E-state index is 0.117. The van der Waals surface area contributed by atoms with Crippen LogP contribution < -0.4 is 5.32 Å². The second-order valence-electron chi connectivity index (χ2n) is 6.63. The minimum atomic E-state index is -1.76. The van der Waals surface area contributed by atoms with E-state index in [-0.39, 0.29) is 5.75 Å². The highest BCUT2D eigenvalue weighted by atomic mass is 35.6. The van der Waals surface area contributed by atoms with Crippen molar-refractivity contribution in [1.82, 2.24) is 15.4 Å². The molecule has 2 heterocycles. The van der Waals surface area contributed by atoms with Crippen molar-refractivity contribution in [3.05, 3.63) is 35.5 Å². The molecule has 164 valence electrons. The first kappa shape index (κ1) is 23.3. The van der Waals surface area contributed by atoms with Crippen molar-refractivity contribution in [2.24, 2.45) is 0 Å². The van der Waals surface area contributed by atoms with Crippen molar-refractivity contribution in [2.45, 2.75) is 22.3 Å². The molecule has 0 fully saturated rings. The van der Waals surface area contributed by atoms with E-state index in [4.69, 9.17) is 39.5 Å². The SMILES string of the molecule is COC(=O)SC[C@H](NC(=O)OCC(Cl)(Cl)Cl)[C@@H]1c2[nH]c3ccccc3c2CCN1O. The Morgan fingerprint density at radius 1 is 1.40 bits per heavy atom. The van der Waals surface area contributed by atoms with Gasteiger partial charge in [-0.25, -0.2) is 9.59 Å². The van der Waals surface area contributed by atoms with E-state index < -0.39 is 33.9 Å². The molecule has 0 aliphatic carbocycles. The molecule has 0 radical (unpaired) electrons. The third-order valence-corrected chi connectivity index (χ3v) is 5.91. The molecule has 3 N–H and O–H groups in total. The number of ether oxygens (including phenoxy) is 2. The average molecular weight is 497 g/mol. The van der Waals surface area contributed by atoms with Gasteiger partial charge in [0.2, 0.25) is 3.79 Å². The number of H-pyrrole nitrogens is 1. The van der Waals surface area contributed by atoms with Gasteiger partial charge in [0.05, 0.1) is 19.2 Å². The zero-order valence-corrected chi connectivity index (χ0v) is 18.9. The van der Waals surface area contributed by atoms with Crippen molar-refractivity contribution >= 4 is 68.9 Å². The van der Waals surface area contributed by atoms with Crippen LogP contribution >= 0.6 is 46.6 Å². The maximum absolute atomic E-state index is 12.3. The number of thioether (sulfide) groups is 1. The molecule has 0 bridgehead atoms. The van der Waals surface area contributed by atoms with Crippen molar-refractivity contribution in [2.75, 3.05) is 26.0 Å². The Kier molecular flexibility index (Phi) is 7.65. The highest BCUT2D eigenvalue weighted by Crippen LogP contribution is 2.36. The number of hydroxylamine groups is 2. The van der Waals surface area contributed by atoms with Gasteiger partial charge in [-0.1, -0.05) is 53.0 Å². The zero-order valence-electron chi connectivity index (χ0n) is 15.9. The van der Waals surface area contributed by atoms with Gasteiger partial charge in [-0.15, -0.1) is 0 Å². The standard InChI is InChI=1S/C18H20Cl3N3O5S/c1-28-17(26)30-8-13(23-16(25)29-9-18(19,20)21)15-14-11(6-7-24(15)27)10-4-2-3-5-12(10)22-14/h2-5,13,15,22,27H,6-9H2,1H3,(H,23,25)/t13-,15+/m0/s1. The van der Waals surface area contributed by atoms with Gasteiger partial charge in [0, 0.05) is 28.9 Å². The first-order chi connectivity index (χ1) is 14.2. The molecule has 2 atom stereocenters. The number of aromatic nitrogens is 1. The van der Waals surface area contributed by atoms with Crippen LogP contribution in [0.2, 0.25) is 0 Å². The number of carbonyl (C=O) groups excluding carboxylic acids is 2. The van der Waals surface area contributed by atoms with Crippen LogP contribution in [0, 0.1) is 0 Å². The molecule has 8 nitrogen and oxygen atoms in total. The zero-order chi connectivity index (χ0) is 21.9. The number of halogens is 3. The lowest BCUT2D eigenvalue weighted by Crippen LogP contribution is -2.49. The number of fused-ring (bicyclic) bond motifs is 3. The van der Waals surface area contributed by atoms with E-state index in [1.807, 2.05) is 24.3 Å². The lowest BCUT2D eigenvalue weighted by atomic mass is 9.95. The highest BCUT2D eigenvalue weighted by molar-refractivity contribution is 8.13. The molecule has 30 heavy (non-hydrogen) atoms. The molecule has 0 unspecified atom stereocenters. The number of nitrogens with one attached hydrogen (secondary N) is 2. The van der Waals surface area contributed by atoms with Gasteiger partial charge in [-0.2, -0.15) is 5.06 Å². The number of hydrogen-bond acceptors (Lipinski definition) is 7. The largest absolute Gasteiger partial charge is 0.461 e. The molecular weight excluding hydrogens is 477 g/mol. The normalized spacial score (nSPS) is 18.0. The molecule has 3 rings (SSSR count). The number of carbonyl (C=O) groups is 2. The van der Waals surface area contributed by atoms with Crippen LogP contribution in [-0.4, -0.2) is 62.5 Å². The summed E-state index contributed by atoms with van der Waals surface area (Å²) < 4.78 is 7.88. The number of methoxy groups -OCH3 is 1. The monoisotopic (exact) mass is 495 g/mol. The van der Waals surface area contributed by atoms with Gasteiger partial charge in [0.25, 0.3) is 0 Å². The molecular formula is C18H20Cl3N3O5S.